The van der Waals surface area contributed by atoms with E-state index in [0.29, 0.717) is 54.4 Å². The van der Waals surface area contributed by atoms with E-state index in [0.717, 1.165) is 0 Å². The average molecular weight is 454 g/mol. The van der Waals surface area contributed by atoms with Gasteiger partial charge in [-0.05, 0) is 37.8 Å². The Morgan fingerprint density at radius 3 is 2.52 bits per heavy atom. The third-order valence-corrected chi connectivity index (χ3v) is 6.55. The summed E-state index contributed by atoms with van der Waals surface area (Å²) in [6.07, 6.45) is 7.05. The van der Waals surface area contributed by atoms with Gasteiger partial charge in [-0.25, -0.2) is 0 Å². The number of benzene rings is 1. The molecule has 4 rings (SSSR count). The van der Waals surface area contributed by atoms with Crippen molar-refractivity contribution in [3.63, 3.8) is 0 Å². The highest BCUT2D eigenvalue weighted by Gasteiger charge is 2.39. The minimum atomic E-state index is -1.08. The largest absolute Gasteiger partial charge is 0.481 e. The van der Waals surface area contributed by atoms with Crippen molar-refractivity contribution in [3.8, 4) is 0 Å². The molecule has 10 heteroatoms. The van der Waals surface area contributed by atoms with Crippen molar-refractivity contribution in [1.29, 1.82) is 0 Å². The van der Waals surface area contributed by atoms with Crippen LogP contribution in [0.15, 0.2) is 36.5 Å². The summed E-state index contributed by atoms with van der Waals surface area (Å²) in [5.74, 6) is -4.43. The summed E-state index contributed by atoms with van der Waals surface area (Å²) >= 11 is 0. The molecule has 6 N–H and O–H groups in total. The molecule has 1 aromatic carbocycles. The highest BCUT2D eigenvalue weighted by Crippen LogP contribution is 2.35. The maximum atomic E-state index is 12.7. The van der Waals surface area contributed by atoms with Crippen LogP contribution in [0.25, 0.3) is 10.9 Å². The smallest absolute Gasteiger partial charge is 0.325 e. The third kappa shape index (κ3) is 4.34. The van der Waals surface area contributed by atoms with E-state index < -0.39 is 41.8 Å². The van der Waals surface area contributed by atoms with Crippen LogP contribution in [0.5, 0.6) is 0 Å². The molecule has 0 unspecified atom stereocenters. The van der Waals surface area contributed by atoms with Crippen molar-refractivity contribution in [2.75, 3.05) is 11.9 Å². The zero-order valence-electron chi connectivity index (χ0n) is 17.9. The summed E-state index contributed by atoms with van der Waals surface area (Å²) in [5, 5.41) is 22.8. The number of aliphatic carboxylic acids is 2. The third-order valence-electron chi connectivity index (χ3n) is 6.55. The SMILES string of the molecule is NC(=O)[C@@H]1CCCN1[C@H](C(=O)O)c1c[nH]c2cc(NC(=O)[C@@H]3CC=CC[C@@H]3C(=O)O)ccc12. The molecular formula is C23H26N4O6. The number of nitrogens with zero attached hydrogens (tertiary/aromatic N) is 1. The summed E-state index contributed by atoms with van der Waals surface area (Å²) in [7, 11) is 0. The van der Waals surface area contributed by atoms with Crippen molar-refractivity contribution in [2.24, 2.45) is 17.6 Å². The molecule has 0 radical (unpaired) electrons. The number of carboxylic acids is 2. The van der Waals surface area contributed by atoms with Gasteiger partial charge in [0.2, 0.25) is 11.8 Å². The molecule has 0 spiro atoms. The molecule has 1 fully saturated rings. The van der Waals surface area contributed by atoms with Gasteiger partial charge in [0.15, 0.2) is 0 Å². The number of anilines is 1. The molecule has 2 aliphatic rings. The number of aromatic nitrogens is 1. The fraction of sp³-hybridized carbons (Fsp3) is 0.391. The van der Waals surface area contributed by atoms with Gasteiger partial charge in [-0.15, -0.1) is 0 Å². The minimum absolute atomic E-state index is 0.311. The second kappa shape index (κ2) is 9.07. The number of primary amides is 1. The fourth-order valence-corrected chi connectivity index (χ4v) is 4.92. The van der Waals surface area contributed by atoms with Gasteiger partial charge in [-0.2, -0.15) is 0 Å². The van der Waals surface area contributed by atoms with Crippen LogP contribution in [0.3, 0.4) is 0 Å². The second-order valence-electron chi connectivity index (χ2n) is 8.53. The van der Waals surface area contributed by atoms with Crippen LogP contribution in [-0.2, 0) is 19.2 Å². The van der Waals surface area contributed by atoms with Crippen LogP contribution in [-0.4, -0.2) is 56.4 Å². The number of carbonyl (C=O) groups is 4. The van der Waals surface area contributed by atoms with Crippen molar-refractivity contribution in [3.05, 3.63) is 42.1 Å². The van der Waals surface area contributed by atoms with E-state index in [1.54, 1.807) is 35.4 Å². The maximum absolute atomic E-state index is 12.7. The first-order chi connectivity index (χ1) is 15.8. The molecule has 0 bridgehead atoms. The van der Waals surface area contributed by atoms with Crippen LogP contribution in [0.2, 0.25) is 0 Å². The number of allylic oxidation sites excluding steroid dienone is 2. The van der Waals surface area contributed by atoms with E-state index in [9.17, 15) is 29.4 Å². The van der Waals surface area contributed by atoms with Gasteiger partial charge in [0.1, 0.15) is 6.04 Å². The van der Waals surface area contributed by atoms with E-state index in [-0.39, 0.29) is 5.91 Å². The van der Waals surface area contributed by atoms with Gasteiger partial charge in [0.05, 0.1) is 17.9 Å². The van der Waals surface area contributed by atoms with Crippen molar-refractivity contribution in [1.82, 2.24) is 9.88 Å². The molecule has 0 saturated carbocycles. The molecule has 33 heavy (non-hydrogen) atoms. The molecule has 174 valence electrons. The first kappa shape index (κ1) is 22.5. The molecule has 2 heterocycles. The Balaban J connectivity index is 1.58. The van der Waals surface area contributed by atoms with E-state index in [2.05, 4.69) is 10.3 Å². The Bertz CT molecular complexity index is 1140. The summed E-state index contributed by atoms with van der Waals surface area (Å²) in [6, 6.07) is 3.36. The number of hydrogen-bond donors (Lipinski definition) is 5. The Kier molecular flexibility index (Phi) is 6.19. The zero-order chi connectivity index (χ0) is 23.7. The van der Waals surface area contributed by atoms with E-state index in [1.165, 1.54) is 0 Å². The van der Waals surface area contributed by atoms with Crippen LogP contribution >= 0.6 is 0 Å². The molecule has 10 nitrogen and oxygen atoms in total. The van der Waals surface area contributed by atoms with Gasteiger partial charge >= 0.3 is 11.9 Å². The predicted octanol–water partition coefficient (Wildman–Crippen LogP) is 1.85. The van der Waals surface area contributed by atoms with Crippen LogP contribution in [0.1, 0.15) is 37.3 Å². The maximum Gasteiger partial charge on any atom is 0.325 e. The van der Waals surface area contributed by atoms with Gasteiger partial charge < -0.3 is 26.2 Å². The number of aromatic amines is 1. The number of amides is 2. The van der Waals surface area contributed by atoms with Crippen LogP contribution in [0.4, 0.5) is 5.69 Å². The molecule has 2 aromatic rings. The number of nitrogens with two attached hydrogens (primary N) is 1. The monoisotopic (exact) mass is 454 g/mol. The highest BCUT2D eigenvalue weighted by molar-refractivity contribution is 5.98. The predicted molar refractivity (Wildman–Crippen MR) is 119 cm³/mol. The molecule has 1 aliphatic heterocycles. The van der Waals surface area contributed by atoms with Gasteiger partial charge in [0.25, 0.3) is 0 Å². The lowest BCUT2D eigenvalue weighted by Crippen LogP contribution is -2.44. The minimum Gasteiger partial charge on any atom is -0.481 e. The summed E-state index contributed by atoms with van der Waals surface area (Å²) in [5.41, 5.74) is 7.08. The standard InChI is InChI=1S/C23H26N4O6/c24-20(28)18-6-3-9-27(18)19(23(32)33)16-11-25-17-10-12(7-8-13(16)17)26-21(29)14-4-1-2-5-15(14)22(30)31/h1-2,7-8,10-11,14-15,18-19,25H,3-6,9H2,(H2,24,28)(H,26,29)(H,30,31)(H,32,33)/t14-,15+,18+,19+/m1/s1. The first-order valence-corrected chi connectivity index (χ1v) is 10.9. The van der Waals surface area contributed by atoms with E-state index in [1.807, 2.05) is 6.08 Å². The number of nitrogens with one attached hydrogen (secondary N) is 2. The van der Waals surface area contributed by atoms with Crippen LogP contribution < -0.4 is 11.1 Å². The zero-order valence-corrected chi connectivity index (χ0v) is 17.9. The first-order valence-electron chi connectivity index (χ1n) is 10.9. The Morgan fingerprint density at radius 1 is 1.12 bits per heavy atom. The number of fused-ring (bicyclic) bond motifs is 1. The summed E-state index contributed by atoms with van der Waals surface area (Å²) in [6.45, 7) is 0.450. The average Bonchev–Trinajstić information content (AvgIpc) is 3.41. The summed E-state index contributed by atoms with van der Waals surface area (Å²) < 4.78 is 0. The highest BCUT2D eigenvalue weighted by atomic mass is 16.4. The Morgan fingerprint density at radius 2 is 1.85 bits per heavy atom. The lowest BCUT2D eigenvalue weighted by molar-refractivity contribution is -0.146. The Hall–Kier alpha value is -3.66. The number of likely N-dealkylation sites (tertiary alicyclic amines) is 1. The number of carboxylic acid groups (broad SMARTS) is 2. The van der Waals surface area contributed by atoms with Gasteiger partial charge in [-0.1, -0.05) is 18.2 Å². The van der Waals surface area contributed by atoms with Gasteiger partial charge in [0, 0.05) is 34.9 Å². The second-order valence-corrected chi connectivity index (χ2v) is 8.53. The number of hydrogen-bond acceptors (Lipinski definition) is 5. The van der Waals surface area contributed by atoms with E-state index in [4.69, 9.17) is 5.73 Å². The number of rotatable bonds is 7. The molecule has 1 aliphatic carbocycles. The summed E-state index contributed by atoms with van der Waals surface area (Å²) in [4.78, 5) is 52.9. The molecule has 4 atom stereocenters. The van der Waals surface area contributed by atoms with Crippen LogP contribution in [0, 0.1) is 11.8 Å². The molecule has 2 amide bonds. The van der Waals surface area contributed by atoms with E-state index >= 15 is 0 Å². The topological polar surface area (TPSA) is 166 Å². The lowest BCUT2D eigenvalue weighted by atomic mass is 9.82. The number of H-pyrrole nitrogens is 1. The molecule has 1 saturated heterocycles. The lowest BCUT2D eigenvalue weighted by Gasteiger charge is -2.28. The normalized spacial score (nSPS) is 23.9. The molecule has 1 aromatic heterocycles. The fourth-order valence-electron chi connectivity index (χ4n) is 4.92. The quantitative estimate of drug-likeness (QED) is 0.398. The molecular weight excluding hydrogens is 428 g/mol. The Labute approximate surface area is 189 Å². The van der Waals surface area contributed by atoms with Crippen molar-refractivity contribution < 1.29 is 29.4 Å². The van der Waals surface area contributed by atoms with Crippen molar-refractivity contribution in [2.45, 2.75) is 37.8 Å². The number of carbonyl (C=O) groups excluding carboxylic acids is 2. The van der Waals surface area contributed by atoms with Crippen molar-refractivity contribution >= 4 is 40.3 Å². The van der Waals surface area contributed by atoms with Gasteiger partial charge in [-0.3, -0.25) is 24.1 Å².